The van der Waals surface area contributed by atoms with Crippen LogP contribution in [-0.4, -0.2) is 42.3 Å². The van der Waals surface area contributed by atoms with Gasteiger partial charge in [-0.25, -0.2) is 17.9 Å². The van der Waals surface area contributed by atoms with E-state index in [1.54, 1.807) is 24.3 Å². The summed E-state index contributed by atoms with van der Waals surface area (Å²) in [6, 6.07) is 6.62. The first-order chi connectivity index (χ1) is 9.83. The zero-order chi connectivity index (χ0) is 15.6. The fourth-order valence-corrected chi connectivity index (χ4v) is 5.11. The van der Waals surface area contributed by atoms with Crippen LogP contribution in [0, 0.1) is 0 Å². The molecule has 0 aliphatic carbocycles. The average molecular weight is 347 g/mol. The molecule has 1 aromatic heterocycles. The van der Waals surface area contributed by atoms with E-state index in [1.807, 2.05) is 0 Å². The maximum atomic E-state index is 12.3. The number of thiophene rings is 1. The highest BCUT2D eigenvalue weighted by molar-refractivity contribution is 7.90. The van der Waals surface area contributed by atoms with Gasteiger partial charge in [0.2, 0.25) is 10.0 Å². The van der Waals surface area contributed by atoms with Crippen LogP contribution in [0.3, 0.4) is 0 Å². The van der Waals surface area contributed by atoms with Crippen LogP contribution < -0.4 is 4.72 Å². The van der Waals surface area contributed by atoms with Crippen LogP contribution in [-0.2, 0) is 20.8 Å². The molecule has 1 aromatic carbocycles. The Labute approximate surface area is 128 Å². The maximum absolute atomic E-state index is 12.3. The van der Waals surface area contributed by atoms with Crippen molar-refractivity contribution < 1.29 is 22.5 Å². The summed E-state index contributed by atoms with van der Waals surface area (Å²) in [4.78, 5) is 10.8. The lowest BCUT2D eigenvalue weighted by atomic mass is 10.2. The zero-order valence-corrected chi connectivity index (χ0v) is 13.5. The highest BCUT2D eigenvalue weighted by atomic mass is 32.2. The lowest BCUT2D eigenvalue weighted by Crippen LogP contribution is -2.28. The number of carbonyl (C=O) groups is 1. The van der Waals surface area contributed by atoms with Gasteiger partial charge in [0.25, 0.3) is 0 Å². The van der Waals surface area contributed by atoms with E-state index < -0.39 is 26.8 Å². The summed E-state index contributed by atoms with van der Waals surface area (Å²) in [7, 11) is -5.10. The first-order valence-corrected chi connectivity index (χ1v) is 9.90. The fraction of sp³-hybridized carbons (Fsp3) is 0.250. The van der Waals surface area contributed by atoms with Crippen molar-refractivity contribution in [3.8, 4) is 0 Å². The number of sulfonamides is 1. The Morgan fingerprint density at radius 2 is 2.05 bits per heavy atom. The molecule has 2 rings (SSSR count). The minimum absolute atomic E-state index is 0.00528. The zero-order valence-electron chi connectivity index (χ0n) is 11.0. The van der Waals surface area contributed by atoms with E-state index in [9.17, 15) is 22.5 Å². The topological polar surface area (TPSA) is 101 Å². The second-order valence-electron chi connectivity index (χ2n) is 4.24. The van der Waals surface area contributed by atoms with Crippen LogP contribution in [0.15, 0.2) is 29.2 Å². The van der Waals surface area contributed by atoms with E-state index in [2.05, 4.69) is 4.72 Å². The molecule has 21 heavy (non-hydrogen) atoms. The third-order valence-corrected chi connectivity index (χ3v) is 6.31. The van der Waals surface area contributed by atoms with Crippen molar-refractivity contribution in [2.24, 2.45) is 0 Å². The molecule has 9 heteroatoms. The van der Waals surface area contributed by atoms with E-state index >= 15 is 0 Å². The predicted molar refractivity (Wildman–Crippen MR) is 82.9 cm³/mol. The lowest BCUT2D eigenvalue weighted by Gasteiger charge is -2.06. The van der Waals surface area contributed by atoms with Crippen molar-refractivity contribution in [1.82, 2.24) is 4.72 Å². The fourth-order valence-electron chi connectivity index (χ4n) is 1.82. The van der Waals surface area contributed by atoms with E-state index in [0.29, 0.717) is 10.1 Å². The number of carboxylic acid groups (broad SMARTS) is 1. The van der Waals surface area contributed by atoms with E-state index in [4.69, 9.17) is 0 Å². The summed E-state index contributed by atoms with van der Waals surface area (Å²) in [6.45, 7) is -0.00528. The molecule has 0 amide bonds. The first-order valence-electron chi connectivity index (χ1n) is 5.87. The van der Waals surface area contributed by atoms with Gasteiger partial charge in [0.1, 0.15) is 9.77 Å². The normalized spacial score (nSPS) is 13.4. The molecule has 2 aromatic rings. The molecule has 0 saturated heterocycles. The number of benzene rings is 1. The number of nitrogens with one attached hydrogen (secondary N) is 1. The second kappa shape index (κ2) is 6.22. The van der Waals surface area contributed by atoms with Crippen molar-refractivity contribution in [2.45, 2.75) is 4.90 Å². The van der Waals surface area contributed by atoms with E-state index in [-0.39, 0.29) is 22.1 Å². The van der Waals surface area contributed by atoms with Crippen LogP contribution >= 0.6 is 11.3 Å². The minimum atomic E-state index is -3.97. The van der Waals surface area contributed by atoms with Gasteiger partial charge in [-0.05, 0) is 6.07 Å². The third-order valence-electron chi connectivity index (χ3n) is 2.69. The molecule has 0 aliphatic rings. The molecule has 0 aliphatic heterocycles. The molecule has 1 unspecified atom stereocenters. The SMILES string of the molecule is CS(=O)CCNS(=O)(=O)c1c(C(=O)O)sc2ccccc12. The number of hydrogen-bond donors (Lipinski definition) is 2. The molecule has 0 spiro atoms. The molecule has 6 nitrogen and oxygen atoms in total. The van der Waals surface area contributed by atoms with Gasteiger partial charge in [0.05, 0.1) is 0 Å². The largest absolute Gasteiger partial charge is 0.477 e. The Kier molecular flexibility index (Phi) is 4.77. The summed E-state index contributed by atoms with van der Waals surface area (Å²) < 4.78 is 38.6. The second-order valence-corrected chi connectivity index (χ2v) is 8.55. The Hall–Kier alpha value is -1.29. The summed E-state index contributed by atoms with van der Waals surface area (Å²) in [5.41, 5.74) is 0. The van der Waals surface area contributed by atoms with Crippen LogP contribution in [0.5, 0.6) is 0 Å². The summed E-state index contributed by atoms with van der Waals surface area (Å²) in [5, 5.41) is 9.59. The Morgan fingerprint density at radius 3 is 2.67 bits per heavy atom. The minimum Gasteiger partial charge on any atom is -0.477 e. The molecular formula is C12H13NO5S3. The molecule has 1 heterocycles. The van der Waals surface area contributed by atoms with Crippen LogP contribution in [0.1, 0.15) is 9.67 Å². The van der Waals surface area contributed by atoms with Gasteiger partial charge < -0.3 is 5.11 Å². The van der Waals surface area contributed by atoms with Crippen molar-refractivity contribution in [1.29, 1.82) is 0 Å². The number of fused-ring (bicyclic) bond motifs is 1. The van der Waals surface area contributed by atoms with Gasteiger partial charge >= 0.3 is 5.97 Å². The average Bonchev–Trinajstić information content (AvgIpc) is 2.78. The Bertz CT molecular complexity index is 809. The summed E-state index contributed by atoms with van der Waals surface area (Å²) in [5.74, 6) is -1.11. The lowest BCUT2D eigenvalue weighted by molar-refractivity contribution is 0.0698. The number of hydrogen-bond acceptors (Lipinski definition) is 5. The monoisotopic (exact) mass is 347 g/mol. The first kappa shape index (κ1) is 16.1. The van der Waals surface area contributed by atoms with Crippen LogP contribution in [0.4, 0.5) is 0 Å². The number of rotatable bonds is 6. The van der Waals surface area contributed by atoms with Crippen molar-refractivity contribution in [3.05, 3.63) is 29.1 Å². The predicted octanol–water partition coefficient (Wildman–Crippen LogP) is 1.26. The van der Waals surface area contributed by atoms with Gasteiger partial charge in [-0.15, -0.1) is 11.3 Å². The number of carboxylic acids is 1. The van der Waals surface area contributed by atoms with Gasteiger partial charge in [-0.1, -0.05) is 18.2 Å². The molecule has 0 fully saturated rings. The van der Waals surface area contributed by atoms with Gasteiger partial charge in [0.15, 0.2) is 0 Å². The molecule has 0 saturated carbocycles. The molecule has 2 N–H and O–H groups in total. The molecule has 0 bridgehead atoms. The van der Waals surface area contributed by atoms with E-state index in [1.165, 1.54) is 6.26 Å². The standard InChI is InChI=1S/C12H13NO5S3/c1-20(16)7-6-13-21(17,18)11-8-4-2-3-5-9(8)19-10(11)12(14)15/h2-5,13H,6-7H2,1H3,(H,14,15). The Morgan fingerprint density at radius 1 is 1.38 bits per heavy atom. The molecular weight excluding hydrogens is 334 g/mol. The van der Waals surface area contributed by atoms with E-state index in [0.717, 1.165) is 11.3 Å². The highest BCUT2D eigenvalue weighted by Gasteiger charge is 2.27. The quantitative estimate of drug-likeness (QED) is 0.819. The molecule has 1 atom stereocenters. The van der Waals surface area contributed by atoms with Crippen molar-refractivity contribution in [2.75, 3.05) is 18.6 Å². The summed E-state index contributed by atoms with van der Waals surface area (Å²) in [6.07, 6.45) is 1.47. The molecule has 0 radical (unpaired) electrons. The van der Waals surface area contributed by atoms with Gasteiger partial charge in [-0.3, -0.25) is 4.21 Å². The smallest absolute Gasteiger partial charge is 0.347 e. The van der Waals surface area contributed by atoms with Gasteiger partial charge in [0, 0.05) is 39.4 Å². The molecule has 114 valence electrons. The van der Waals surface area contributed by atoms with Crippen molar-refractivity contribution >= 4 is 48.2 Å². The highest BCUT2D eigenvalue weighted by Crippen LogP contribution is 2.34. The van der Waals surface area contributed by atoms with Crippen LogP contribution in [0.25, 0.3) is 10.1 Å². The van der Waals surface area contributed by atoms with Crippen molar-refractivity contribution in [3.63, 3.8) is 0 Å². The number of aromatic carboxylic acids is 1. The summed E-state index contributed by atoms with van der Waals surface area (Å²) >= 11 is 0.920. The van der Waals surface area contributed by atoms with Gasteiger partial charge in [-0.2, -0.15) is 0 Å². The van der Waals surface area contributed by atoms with Crippen LogP contribution in [0.2, 0.25) is 0 Å². The Balaban J connectivity index is 2.50. The maximum Gasteiger partial charge on any atom is 0.347 e. The third kappa shape index (κ3) is 3.49.